The summed E-state index contributed by atoms with van der Waals surface area (Å²) in [6, 6.07) is 0.113. The normalized spacial score (nSPS) is 28.5. The van der Waals surface area contributed by atoms with E-state index in [0.717, 1.165) is 12.8 Å². The van der Waals surface area contributed by atoms with Gasteiger partial charge in [0.05, 0.1) is 12.7 Å². The molecule has 0 aromatic rings. The minimum absolute atomic E-state index is 0. The van der Waals surface area contributed by atoms with Gasteiger partial charge in [-0.15, -0.1) is 12.4 Å². The molecule has 0 unspecified atom stereocenters. The molecule has 3 N–H and O–H groups in total. The molecule has 0 amide bonds. The molecular weight excluding hydrogens is 216 g/mol. The Morgan fingerprint density at radius 1 is 1.46 bits per heavy atom. The van der Waals surface area contributed by atoms with Gasteiger partial charge in [0, 0.05) is 12.6 Å². The summed E-state index contributed by atoms with van der Waals surface area (Å²) in [5.74, 6) is 0. The second-order valence-electron chi connectivity index (χ2n) is 2.91. The molecule has 1 saturated heterocycles. The number of nitrogens with one attached hydrogen (secondary N) is 1. The largest absolute Gasteiger partial charge is 0.375 e. The molecule has 0 bridgehead atoms. The number of hydrogen-bond donors (Lipinski definition) is 3. The molecule has 0 saturated carbocycles. The van der Waals surface area contributed by atoms with Gasteiger partial charge < -0.3 is 10.5 Å². The first-order valence-corrected chi connectivity index (χ1v) is 5.11. The predicted molar refractivity (Wildman–Crippen MR) is 52.5 cm³/mol. The minimum atomic E-state index is -2.50. The second kappa shape index (κ2) is 6.56. The van der Waals surface area contributed by atoms with Gasteiger partial charge in [0.2, 0.25) is 10.9 Å². The number of nitrogens with two attached hydrogens (primary N) is 1. The van der Waals surface area contributed by atoms with Crippen LogP contribution >= 0.6 is 12.4 Å². The topological polar surface area (TPSA) is 81.4 Å². The minimum Gasteiger partial charge on any atom is -0.375 e. The van der Waals surface area contributed by atoms with Crippen LogP contribution in [0.1, 0.15) is 12.8 Å². The van der Waals surface area contributed by atoms with E-state index >= 15 is 0 Å². The highest BCUT2D eigenvalue weighted by atomic mass is 35.5. The Morgan fingerprint density at radius 2 is 2.15 bits per heavy atom. The Kier molecular flexibility index (Phi) is 6.62. The lowest BCUT2D eigenvalue weighted by Crippen LogP contribution is -2.39. The molecule has 7 heteroatoms. The zero-order chi connectivity index (χ0) is 8.97. The molecule has 5 nitrogen and oxygen atoms in total. The summed E-state index contributed by atoms with van der Waals surface area (Å²) in [4.78, 5) is 0. The quantitative estimate of drug-likeness (QED) is 0.545. The molecule has 0 aromatic carbocycles. The Hall–Kier alpha value is 0.120. The standard InChI is InChI=1S/C6H14N2O3S.ClH/c7-5-1-2-6(11-4-5)3-8-12(9)10;/h5-6,12H,1-4,7H2,(H,8,9,10);1H/t5-,6+;/m1./s1. The fourth-order valence-electron chi connectivity index (χ4n) is 1.16. The van der Waals surface area contributed by atoms with Crippen LogP contribution in [0.5, 0.6) is 0 Å². The van der Waals surface area contributed by atoms with Crippen molar-refractivity contribution in [2.75, 3.05) is 13.2 Å². The lowest BCUT2D eigenvalue weighted by molar-refractivity contribution is 0.00935. The van der Waals surface area contributed by atoms with Crippen LogP contribution in [0.4, 0.5) is 0 Å². The Morgan fingerprint density at radius 3 is 2.62 bits per heavy atom. The molecule has 1 aliphatic rings. The highest BCUT2D eigenvalue weighted by molar-refractivity contribution is 7.70. The molecular formula is C6H15ClN2O3S. The van der Waals surface area contributed by atoms with Crippen molar-refractivity contribution in [3.8, 4) is 0 Å². The average Bonchev–Trinajstić information content (AvgIpc) is 2.03. The first-order chi connectivity index (χ1) is 5.68. The monoisotopic (exact) mass is 230 g/mol. The SMILES string of the molecule is Cl.N[C@@H]1CC[C@@H](CN[SH](=O)=O)OC1. The number of thiol groups is 1. The molecule has 1 aliphatic heterocycles. The van der Waals surface area contributed by atoms with Gasteiger partial charge in [-0.3, -0.25) is 0 Å². The maximum absolute atomic E-state index is 10.2. The van der Waals surface area contributed by atoms with E-state index in [-0.39, 0.29) is 24.6 Å². The van der Waals surface area contributed by atoms with Crippen molar-refractivity contribution in [2.24, 2.45) is 5.73 Å². The molecule has 1 fully saturated rings. The summed E-state index contributed by atoms with van der Waals surface area (Å²) >= 11 is 0. The van der Waals surface area contributed by atoms with Gasteiger partial charge in [0.15, 0.2) is 0 Å². The highest BCUT2D eigenvalue weighted by Crippen LogP contribution is 2.10. The van der Waals surface area contributed by atoms with Crippen LogP contribution in [-0.2, 0) is 15.6 Å². The van der Waals surface area contributed by atoms with E-state index in [9.17, 15) is 8.42 Å². The van der Waals surface area contributed by atoms with Crippen LogP contribution in [0.15, 0.2) is 0 Å². The van der Waals surface area contributed by atoms with Crippen molar-refractivity contribution in [3.05, 3.63) is 0 Å². The number of halogens is 1. The van der Waals surface area contributed by atoms with Gasteiger partial charge in [-0.2, -0.15) is 0 Å². The summed E-state index contributed by atoms with van der Waals surface area (Å²) in [5, 5.41) is 0. The molecule has 0 aliphatic carbocycles. The molecule has 80 valence electrons. The van der Waals surface area contributed by atoms with E-state index in [0.29, 0.717) is 13.2 Å². The Balaban J connectivity index is 0.00000144. The van der Waals surface area contributed by atoms with Crippen molar-refractivity contribution in [2.45, 2.75) is 25.0 Å². The van der Waals surface area contributed by atoms with Gasteiger partial charge in [0.25, 0.3) is 0 Å². The van der Waals surface area contributed by atoms with Crippen molar-refractivity contribution in [1.82, 2.24) is 4.72 Å². The lowest BCUT2D eigenvalue weighted by atomic mass is 10.1. The Bertz CT molecular complexity index is 196. The molecule has 0 radical (unpaired) electrons. The van der Waals surface area contributed by atoms with Gasteiger partial charge in [-0.1, -0.05) is 0 Å². The summed E-state index contributed by atoms with van der Waals surface area (Å²) in [6.45, 7) is 0.896. The maximum Gasteiger partial charge on any atom is 0.201 e. The van der Waals surface area contributed by atoms with Crippen LogP contribution in [0.2, 0.25) is 0 Å². The third kappa shape index (κ3) is 5.43. The van der Waals surface area contributed by atoms with Crippen LogP contribution < -0.4 is 10.5 Å². The van der Waals surface area contributed by atoms with Gasteiger partial charge in [-0.05, 0) is 12.8 Å². The van der Waals surface area contributed by atoms with Crippen LogP contribution in [-0.4, -0.2) is 33.7 Å². The van der Waals surface area contributed by atoms with E-state index in [1.54, 1.807) is 0 Å². The maximum atomic E-state index is 10.2. The smallest absolute Gasteiger partial charge is 0.201 e. The fourth-order valence-corrected chi connectivity index (χ4v) is 1.52. The lowest BCUT2D eigenvalue weighted by Gasteiger charge is -2.26. The van der Waals surface area contributed by atoms with E-state index in [4.69, 9.17) is 10.5 Å². The molecule has 1 heterocycles. The van der Waals surface area contributed by atoms with Gasteiger partial charge in [0.1, 0.15) is 0 Å². The number of rotatable bonds is 3. The second-order valence-corrected chi connectivity index (χ2v) is 3.74. The molecule has 0 spiro atoms. The molecule has 0 aromatic heterocycles. The van der Waals surface area contributed by atoms with Crippen molar-refractivity contribution in [3.63, 3.8) is 0 Å². The average molecular weight is 231 g/mol. The zero-order valence-electron chi connectivity index (χ0n) is 7.14. The van der Waals surface area contributed by atoms with E-state index in [1.807, 2.05) is 0 Å². The van der Waals surface area contributed by atoms with E-state index in [2.05, 4.69) is 4.72 Å². The molecule has 2 atom stereocenters. The Labute approximate surface area is 85.5 Å². The van der Waals surface area contributed by atoms with E-state index in [1.165, 1.54) is 0 Å². The van der Waals surface area contributed by atoms with Crippen LogP contribution in [0.3, 0.4) is 0 Å². The highest BCUT2D eigenvalue weighted by Gasteiger charge is 2.18. The first-order valence-electron chi connectivity index (χ1n) is 3.93. The summed E-state index contributed by atoms with van der Waals surface area (Å²) in [5.41, 5.74) is 5.59. The zero-order valence-corrected chi connectivity index (χ0v) is 8.85. The fraction of sp³-hybridized carbons (Fsp3) is 1.00. The first kappa shape index (κ1) is 13.1. The number of hydrogen-bond acceptors (Lipinski definition) is 4. The van der Waals surface area contributed by atoms with Gasteiger partial charge >= 0.3 is 0 Å². The molecule has 1 rings (SSSR count). The summed E-state index contributed by atoms with van der Waals surface area (Å²) in [6.07, 6.45) is 1.73. The summed E-state index contributed by atoms with van der Waals surface area (Å²) in [7, 11) is -2.50. The summed E-state index contributed by atoms with van der Waals surface area (Å²) < 4.78 is 27.9. The van der Waals surface area contributed by atoms with Gasteiger partial charge in [-0.25, -0.2) is 13.1 Å². The van der Waals surface area contributed by atoms with Crippen molar-refractivity contribution < 1.29 is 13.2 Å². The third-order valence-electron chi connectivity index (χ3n) is 1.85. The van der Waals surface area contributed by atoms with Crippen LogP contribution in [0.25, 0.3) is 0 Å². The third-order valence-corrected chi connectivity index (χ3v) is 2.29. The molecule has 13 heavy (non-hydrogen) atoms. The van der Waals surface area contributed by atoms with Crippen molar-refractivity contribution in [1.29, 1.82) is 0 Å². The van der Waals surface area contributed by atoms with Crippen molar-refractivity contribution >= 4 is 23.3 Å². The van der Waals surface area contributed by atoms with E-state index < -0.39 is 10.9 Å². The number of ether oxygens (including phenoxy) is 1. The van der Waals surface area contributed by atoms with Crippen LogP contribution in [0, 0.1) is 0 Å². The predicted octanol–water partition coefficient (Wildman–Crippen LogP) is -0.969.